The molecule has 0 radical (unpaired) electrons. The Hall–Kier alpha value is -1.48. The number of rotatable bonds is 2. The molecule has 1 aromatic carbocycles. The summed E-state index contributed by atoms with van der Waals surface area (Å²) in [6.45, 7) is 0. The molecule has 0 atom stereocenters. The summed E-state index contributed by atoms with van der Waals surface area (Å²) in [5.41, 5.74) is 0.819. The molecule has 0 fully saturated rings. The molecular weight excluding hydrogens is 196 g/mol. The van der Waals surface area contributed by atoms with E-state index in [-0.39, 0.29) is 5.75 Å². The minimum atomic E-state index is 0.206. The van der Waals surface area contributed by atoms with E-state index in [1.54, 1.807) is 24.5 Å². The first-order valence-corrected chi connectivity index (χ1v) is 5.10. The van der Waals surface area contributed by atoms with Crippen LogP contribution in [0.2, 0.25) is 0 Å². The highest BCUT2D eigenvalue weighted by Gasteiger charge is 2.09. The van der Waals surface area contributed by atoms with Crippen molar-refractivity contribution in [3.8, 4) is 21.9 Å². The molecule has 3 heteroatoms. The molecule has 0 saturated carbocycles. The van der Waals surface area contributed by atoms with Gasteiger partial charge >= 0.3 is 0 Å². The maximum Gasteiger partial charge on any atom is 0.166 e. The van der Waals surface area contributed by atoms with Crippen molar-refractivity contribution in [2.24, 2.45) is 0 Å². The van der Waals surface area contributed by atoms with Gasteiger partial charge in [0.1, 0.15) is 0 Å². The van der Waals surface area contributed by atoms with E-state index in [1.807, 2.05) is 29.6 Å². The molecule has 2 nitrogen and oxygen atoms in total. The number of phenolic OH excluding ortho intramolecular Hbond substituents is 1. The molecule has 0 spiro atoms. The molecule has 72 valence electrons. The number of phenols is 1. The van der Waals surface area contributed by atoms with Gasteiger partial charge < -0.3 is 9.84 Å². The van der Waals surface area contributed by atoms with Crippen LogP contribution in [-0.4, -0.2) is 12.2 Å². The minimum Gasteiger partial charge on any atom is -0.504 e. The second-order valence-corrected chi connectivity index (χ2v) is 3.78. The van der Waals surface area contributed by atoms with E-state index in [0.29, 0.717) is 5.75 Å². The third-order valence-corrected chi connectivity index (χ3v) is 2.91. The Morgan fingerprint density at radius 1 is 1.21 bits per heavy atom. The Morgan fingerprint density at radius 2 is 2.07 bits per heavy atom. The molecular formula is C11H10O2S. The fraction of sp³-hybridized carbons (Fsp3) is 0.0909. The molecule has 0 bridgehead atoms. The highest BCUT2D eigenvalue weighted by atomic mass is 32.1. The molecule has 1 aromatic heterocycles. The van der Waals surface area contributed by atoms with Gasteiger partial charge in [0.15, 0.2) is 11.5 Å². The summed E-state index contributed by atoms with van der Waals surface area (Å²) >= 11 is 1.59. The minimum absolute atomic E-state index is 0.206. The monoisotopic (exact) mass is 206 g/mol. The van der Waals surface area contributed by atoms with Gasteiger partial charge in [-0.05, 0) is 23.6 Å². The normalized spacial score (nSPS) is 10.1. The number of aromatic hydroxyl groups is 1. The standard InChI is InChI=1S/C11H10O2S/c1-13-9-5-2-4-8(11(9)12)10-6-3-7-14-10/h2-7,12H,1H3. The molecule has 0 aliphatic carbocycles. The summed E-state index contributed by atoms with van der Waals surface area (Å²) in [7, 11) is 1.55. The van der Waals surface area contributed by atoms with E-state index in [4.69, 9.17) is 4.74 Å². The van der Waals surface area contributed by atoms with E-state index in [9.17, 15) is 5.11 Å². The predicted molar refractivity (Wildman–Crippen MR) is 58.0 cm³/mol. The molecule has 1 N–H and O–H groups in total. The number of hydrogen-bond donors (Lipinski definition) is 1. The molecule has 0 unspecified atom stereocenters. The smallest absolute Gasteiger partial charge is 0.166 e. The van der Waals surface area contributed by atoms with Gasteiger partial charge in [0.25, 0.3) is 0 Å². The van der Waals surface area contributed by atoms with Crippen LogP contribution in [0.1, 0.15) is 0 Å². The Bertz CT molecular complexity index is 421. The fourth-order valence-corrected chi connectivity index (χ4v) is 2.07. The van der Waals surface area contributed by atoms with Gasteiger partial charge in [0.05, 0.1) is 7.11 Å². The van der Waals surface area contributed by atoms with E-state index < -0.39 is 0 Å². The zero-order valence-electron chi connectivity index (χ0n) is 7.73. The second kappa shape index (κ2) is 3.72. The summed E-state index contributed by atoms with van der Waals surface area (Å²) in [5, 5.41) is 11.8. The topological polar surface area (TPSA) is 29.5 Å². The Kier molecular flexibility index (Phi) is 2.41. The van der Waals surface area contributed by atoms with Gasteiger partial charge in [-0.2, -0.15) is 0 Å². The first-order chi connectivity index (χ1) is 6.83. The lowest BCUT2D eigenvalue weighted by atomic mass is 10.1. The van der Waals surface area contributed by atoms with Crippen LogP contribution in [0.5, 0.6) is 11.5 Å². The third kappa shape index (κ3) is 1.46. The Balaban J connectivity index is 2.54. The average molecular weight is 206 g/mol. The molecule has 2 rings (SSSR count). The Morgan fingerprint density at radius 3 is 2.71 bits per heavy atom. The average Bonchev–Trinajstić information content (AvgIpc) is 2.71. The zero-order valence-corrected chi connectivity index (χ0v) is 8.54. The molecule has 0 aliphatic rings. The highest BCUT2D eigenvalue weighted by Crippen LogP contribution is 2.38. The second-order valence-electron chi connectivity index (χ2n) is 2.83. The van der Waals surface area contributed by atoms with Gasteiger partial charge in [0.2, 0.25) is 0 Å². The van der Waals surface area contributed by atoms with Gasteiger partial charge in [0, 0.05) is 10.4 Å². The summed E-state index contributed by atoms with van der Waals surface area (Å²) in [6, 6.07) is 9.42. The van der Waals surface area contributed by atoms with Crippen molar-refractivity contribution in [1.29, 1.82) is 0 Å². The summed E-state index contributed by atoms with van der Waals surface area (Å²) in [4.78, 5) is 1.04. The third-order valence-electron chi connectivity index (χ3n) is 2.01. The number of methoxy groups -OCH3 is 1. The van der Waals surface area contributed by atoms with Gasteiger partial charge in [-0.25, -0.2) is 0 Å². The van der Waals surface area contributed by atoms with Crippen LogP contribution in [0.4, 0.5) is 0 Å². The summed E-state index contributed by atoms with van der Waals surface area (Å²) in [6.07, 6.45) is 0. The quantitative estimate of drug-likeness (QED) is 0.818. The van der Waals surface area contributed by atoms with E-state index in [0.717, 1.165) is 10.4 Å². The van der Waals surface area contributed by atoms with Crippen molar-refractivity contribution in [3.05, 3.63) is 35.7 Å². The number of thiophene rings is 1. The van der Waals surface area contributed by atoms with Crippen LogP contribution in [0.3, 0.4) is 0 Å². The number of ether oxygens (including phenoxy) is 1. The van der Waals surface area contributed by atoms with Crippen LogP contribution in [-0.2, 0) is 0 Å². The summed E-state index contributed by atoms with van der Waals surface area (Å²) < 4.78 is 5.04. The van der Waals surface area contributed by atoms with Crippen molar-refractivity contribution < 1.29 is 9.84 Å². The van der Waals surface area contributed by atoms with Crippen molar-refractivity contribution >= 4 is 11.3 Å². The molecule has 0 saturated heterocycles. The maximum absolute atomic E-state index is 9.84. The predicted octanol–water partition coefficient (Wildman–Crippen LogP) is 3.13. The van der Waals surface area contributed by atoms with Crippen LogP contribution in [0.15, 0.2) is 35.7 Å². The lowest BCUT2D eigenvalue weighted by Gasteiger charge is -2.06. The van der Waals surface area contributed by atoms with E-state index in [2.05, 4.69) is 0 Å². The van der Waals surface area contributed by atoms with Gasteiger partial charge in [-0.15, -0.1) is 11.3 Å². The van der Waals surface area contributed by atoms with Crippen molar-refractivity contribution in [1.82, 2.24) is 0 Å². The van der Waals surface area contributed by atoms with E-state index >= 15 is 0 Å². The SMILES string of the molecule is COc1cccc(-c2cccs2)c1O. The number of para-hydroxylation sites is 1. The first kappa shape index (κ1) is 9.09. The highest BCUT2D eigenvalue weighted by molar-refractivity contribution is 7.13. The van der Waals surface area contributed by atoms with Crippen molar-refractivity contribution in [2.45, 2.75) is 0 Å². The first-order valence-electron chi connectivity index (χ1n) is 4.23. The largest absolute Gasteiger partial charge is 0.504 e. The van der Waals surface area contributed by atoms with Crippen molar-refractivity contribution in [2.75, 3.05) is 7.11 Å². The molecule has 1 heterocycles. The van der Waals surface area contributed by atoms with Crippen LogP contribution in [0.25, 0.3) is 10.4 Å². The van der Waals surface area contributed by atoms with E-state index in [1.165, 1.54) is 0 Å². The van der Waals surface area contributed by atoms with Crippen LogP contribution >= 0.6 is 11.3 Å². The molecule has 0 amide bonds. The number of hydrogen-bond acceptors (Lipinski definition) is 3. The van der Waals surface area contributed by atoms with Gasteiger partial charge in [-0.1, -0.05) is 12.1 Å². The molecule has 14 heavy (non-hydrogen) atoms. The van der Waals surface area contributed by atoms with Gasteiger partial charge in [-0.3, -0.25) is 0 Å². The number of benzene rings is 1. The van der Waals surface area contributed by atoms with Crippen LogP contribution < -0.4 is 4.74 Å². The van der Waals surface area contributed by atoms with Crippen molar-refractivity contribution in [3.63, 3.8) is 0 Å². The lowest BCUT2D eigenvalue weighted by Crippen LogP contribution is -1.84. The maximum atomic E-state index is 9.84. The Labute approximate surface area is 86.4 Å². The molecule has 2 aromatic rings. The van der Waals surface area contributed by atoms with Crippen LogP contribution in [0, 0.1) is 0 Å². The lowest BCUT2D eigenvalue weighted by molar-refractivity contribution is 0.374. The fourth-order valence-electron chi connectivity index (χ4n) is 1.32. The summed E-state index contributed by atoms with van der Waals surface area (Å²) in [5.74, 6) is 0.716. The zero-order chi connectivity index (χ0) is 9.97. The molecule has 0 aliphatic heterocycles.